The van der Waals surface area contributed by atoms with E-state index in [0.29, 0.717) is 0 Å². The second kappa shape index (κ2) is 4.55. The molecule has 1 fully saturated rings. The molecule has 1 aliphatic carbocycles. The summed E-state index contributed by atoms with van der Waals surface area (Å²) in [5.41, 5.74) is 1.03. The highest BCUT2D eigenvalue weighted by Gasteiger charge is 2.14. The summed E-state index contributed by atoms with van der Waals surface area (Å²) in [6, 6.07) is 0. The number of hydrogen-bond acceptors (Lipinski definition) is 3. The minimum atomic E-state index is 0.852. The fourth-order valence-electron chi connectivity index (χ4n) is 2.10. The predicted molar refractivity (Wildman–Crippen MR) is 54.7 cm³/mol. The van der Waals surface area contributed by atoms with Gasteiger partial charge in [0.15, 0.2) is 0 Å². The van der Waals surface area contributed by atoms with Gasteiger partial charge in [-0.2, -0.15) is 0 Å². The van der Waals surface area contributed by atoms with E-state index in [0.717, 1.165) is 24.7 Å². The second-order valence-electron chi connectivity index (χ2n) is 4.16. The summed E-state index contributed by atoms with van der Waals surface area (Å²) in [5, 5.41) is 11.4. The monoisotopic (exact) mass is 194 g/mol. The van der Waals surface area contributed by atoms with Crippen molar-refractivity contribution in [3.05, 3.63) is 11.9 Å². The molecule has 0 saturated heterocycles. The number of nitrogens with zero attached hydrogens (tertiary/aromatic N) is 3. The van der Waals surface area contributed by atoms with Crippen LogP contribution in [0.3, 0.4) is 0 Å². The van der Waals surface area contributed by atoms with Gasteiger partial charge in [0.2, 0.25) is 0 Å². The molecule has 2 rings (SSSR count). The molecule has 1 aromatic rings. The number of nitrogens with one attached hydrogen (secondary N) is 1. The number of hydrogen-bond donors (Lipinski definition) is 1. The molecule has 14 heavy (non-hydrogen) atoms. The summed E-state index contributed by atoms with van der Waals surface area (Å²) in [6.45, 7) is 1.99. The molecule has 0 aromatic carbocycles. The fourth-order valence-corrected chi connectivity index (χ4v) is 2.10. The van der Waals surface area contributed by atoms with E-state index in [-0.39, 0.29) is 0 Å². The summed E-state index contributed by atoms with van der Waals surface area (Å²) >= 11 is 0. The Morgan fingerprint density at radius 3 is 2.93 bits per heavy atom. The van der Waals surface area contributed by atoms with E-state index in [1.165, 1.54) is 25.7 Å². The van der Waals surface area contributed by atoms with Gasteiger partial charge < -0.3 is 5.32 Å². The van der Waals surface area contributed by atoms with Crippen molar-refractivity contribution in [2.45, 2.75) is 32.2 Å². The van der Waals surface area contributed by atoms with Crippen LogP contribution in [0.15, 0.2) is 6.20 Å². The van der Waals surface area contributed by atoms with Crippen molar-refractivity contribution in [2.75, 3.05) is 6.54 Å². The van der Waals surface area contributed by atoms with Crippen molar-refractivity contribution in [1.82, 2.24) is 20.3 Å². The summed E-state index contributed by atoms with van der Waals surface area (Å²) in [4.78, 5) is 0. The standard InChI is InChI=1S/C10H18N4/c1-14-8-10(12-13-14)7-11-6-9-4-2-3-5-9/h8-9,11H,2-7H2,1H3. The van der Waals surface area contributed by atoms with Gasteiger partial charge in [0.05, 0.1) is 5.69 Å². The Balaban J connectivity index is 1.67. The molecule has 1 aromatic heterocycles. The van der Waals surface area contributed by atoms with Gasteiger partial charge in [-0.15, -0.1) is 5.10 Å². The van der Waals surface area contributed by atoms with E-state index in [2.05, 4.69) is 15.6 Å². The highest BCUT2D eigenvalue weighted by Crippen LogP contribution is 2.23. The SMILES string of the molecule is Cn1cc(CNCC2CCCC2)nn1. The lowest BCUT2D eigenvalue weighted by atomic mass is 10.1. The number of rotatable bonds is 4. The van der Waals surface area contributed by atoms with Crippen LogP contribution in [0, 0.1) is 5.92 Å². The summed E-state index contributed by atoms with van der Waals surface area (Å²) < 4.78 is 1.74. The zero-order valence-corrected chi connectivity index (χ0v) is 8.74. The lowest BCUT2D eigenvalue weighted by Crippen LogP contribution is -2.20. The van der Waals surface area contributed by atoms with Gasteiger partial charge in [-0.05, 0) is 25.3 Å². The Kier molecular flexibility index (Phi) is 3.14. The molecule has 0 spiro atoms. The van der Waals surface area contributed by atoms with E-state index in [4.69, 9.17) is 0 Å². The summed E-state index contributed by atoms with van der Waals surface area (Å²) in [7, 11) is 1.90. The van der Waals surface area contributed by atoms with Crippen LogP contribution in [0.4, 0.5) is 0 Å². The van der Waals surface area contributed by atoms with Crippen LogP contribution >= 0.6 is 0 Å². The first-order valence-corrected chi connectivity index (χ1v) is 5.40. The molecule has 0 unspecified atom stereocenters. The first-order valence-electron chi connectivity index (χ1n) is 5.40. The third-order valence-corrected chi connectivity index (χ3v) is 2.86. The minimum Gasteiger partial charge on any atom is -0.311 e. The van der Waals surface area contributed by atoms with Gasteiger partial charge in [0, 0.05) is 19.8 Å². The summed E-state index contributed by atoms with van der Waals surface area (Å²) in [6.07, 6.45) is 7.58. The molecular weight excluding hydrogens is 176 g/mol. The Morgan fingerprint density at radius 2 is 2.29 bits per heavy atom. The van der Waals surface area contributed by atoms with Gasteiger partial charge >= 0.3 is 0 Å². The van der Waals surface area contributed by atoms with Gasteiger partial charge in [-0.1, -0.05) is 18.1 Å². The molecule has 0 aliphatic heterocycles. The van der Waals surface area contributed by atoms with E-state index in [1.54, 1.807) is 4.68 Å². The average molecular weight is 194 g/mol. The zero-order chi connectivity index (χ0) is 9.80. The van der Waals surface area contributed by atoms with Crippen molar-refractivity contribution < 1.29 is 0 Å². The maximum Gasteiger partial charge on any atom is 0.0964 e. The fraction of sp³-hybridized carbons (Fsp3) is 0.800. The van der Waals surface area contributed by atoms with Gasteiger partial charge in [-0.25, -0.2) is 0 Å². The van der Waals surface area contributed by atoms with Crippen LogP contribution in [0.5, 0.6) is 0 Å². The predicted octanol–water partition coefficient (Wildman–Crippen LogP) is 1.09. The van der Waals surface area contributed by atoms with Crippen molar-refractivity contribution in [2.24, 2.45) is 13.0 Å². The lowest BCUT2D eigenvalue weighted by molar-refractivity contribution is 0.487. The molecule has 0 atom stereocenters. The Hall–Kier alpha value is -0.900. The minimum absolute atomic E-state index is 0.852. The van der Waals surface area contributed by atoms with Crippen molar-refractivity contribution in [1.29, 1.82) is 0 Å². The lowest BCUT2D eigenvalue weighted by Gasteiger charge is -2.08. The molecule has 1 N–H and O–H groups in total. The van der Waals surface area contributed by atoms with Crippen LogP contribution < -0.4 is 5.32 Å². The Bertz CT molecular complexity index is 275. The Labute approximate surface area is 84.7 Å². The second-order valence-corrected chi connectivity index (χ2v) is 4.16. The molecule has 1 aliphatic rings. The van der Waals surface area contributed by atoms with Crippen LogP contribution in [0.2, 0.25) is 0 Å². The molecule has 0 radical (unpaired) electrons. The maximum absolute atomic E-state index is 4.03. The highest BCUT2D eigenvalue weighted by molar-refractivity contribution is 4.90. The summed E-state index contributed by atoms with van der Waals surface area (Å²) in [5.74, 6) is 0.895. The molecule has 1 heterocycles. The molecule has 78 valence electrons. The van der Waals surface area contributed by atoms with Crippen LogP contribution in [-0.4, -0.2) is 21.5 Å². The maximum atomic E-state index is 4.03. The van der Waals surface area contributed by atoms with Crippen LogP contribution in [0.25, 0.3) is 0 Å². The van der Waals surface area contributed by atoms with Gasteiger partial charge in [0.25, 0.3) is 0 Å². The highest BCUT2D eigenvalue weighted by atomic mass is 15.4. The van der Waals surface area contributed by atoms with Gasteiger partial charge in [-0.3, -0.25) is 4.68 Å². The third kappa shape index (κ3) is 2.54. The normalized spacial score (nSPS) is 17.8. The molecule has 4 heteroatoms. The van der Waals surface area contributed by atoms with Crippen molar-refractivity contribution in [3.63, 3.8) is 0 Å². The number of aromatic nitrogens is 3. The van der Waals surface area contributed by atoms with Gasteiger partial charge in [0.1, 0.15) is 0 Å². The smallest absolute Gasteiger partial charge is 0.0964 e. The third-order valence-electron chi connectivity index (χ3n) is 2.86. The molecule has 0 amide bonds. The molecule has 0 bridgehead atoms. The van der Waals surface area contributed by atoms with Crippen LogP contribution in [-0.2, 0) is 13.6 Å². The van der Waals surface area contributed by atoms with Crippen molar-refractivity contribution >= 4 is 0 Å². The van der Waals surface area contributed by atoms with E-state index in [1.807, 2.05) is 13.2 Å². The molecule has 1 saturated carbocycles. The quantitative estimate of drug-likeness (QED) is 0.780. The van der Waals surface area contributed by atoms with E-state index in [9.17, 15) is 0 Å². The Morgan fingerprint density at radius 1 is 1.50 bits per heavy atom. The first kappa shape index (κ1) is 9.65. The number of aryl methyl sites for hydroxylation is 1. The van der Waals surface area contributed by atoms with E-state index >= 15 is 0 Å². The molecule has 4 nitrogen and oxygen atoms in total. The molecular formula is C10H18N4. The zero-order valence-electron chi connectivity index (χ0n) is 8.74. The topological polar surface area (TPSA) is 42.7 Å². The largest absolute Gasteiger partial charge is 0.311 e. The van der Waals surface area contributed by atoms with E-state index < -0.39 is 0 Å². The average Bonchev–Trinajstić information content (AvgIpc) is 2.77. The first-order chi connectivity index (χ1) is 6.84. The van der Waals surface area contributed by atoms with Crippen molar-refractivity contribution in [3.8, 4) is 0 Å². The van der Waals surface area contributed by atoms with Crippen LogP contribution in [0.1, 0.15) is 31.4 Å².